The fourth-order valence-electron chi connectivity index (χ4n) is 1.46. The molecule has 17 heavy (non-hydrogen) atoms. The molecule has 1 N–H and O–H groups in total. The summed E-state index contributed by atoms with van der Waals surface area (Å²) in [5, 5.41) is 2.59. The summed E-state index contributed by atoms with van der Waals surface area (Å²) >= 11 is 0. The Morgan fingerprint density at radius 2 is 2.06 bits per heavy atom. The Kier molecular flexibility index (Phi) is 4.63. The summed E-state index contributed by atoms with van der Waals surface area (Å²) in [6, 6.07) is 5.79. The molecule has 0 saturated heterocycles. The molecule has 4 nitrogen and oxygen atoms in total. The molecule has 0 aliphatic carbocycles. The van der Waals surface area contributed by atoms with Crippen LogP contribution < -0.4 is 10.2 Å². The molecule has 92 valence electrons. The molecular weight excluding hydrogens is 223 g/mol. The minimum absolute atomic E-state index is 0.159. The third-order valence-corrected chi connectivity index (χ3v) is 2.21. The van der Waals surface area contributed by atoms with Gasteiger partial charge in [0, 0.05) is 32.6 Å². The first-order valence-corrected chi connectivity index (χ1v) is 5.29. The van der Waals surface area contributed by atoms with Gasteiger partial charge in [-0.2, -0.15) is 0 Å². The van der Waals surface area contributed by atoms with Crippen LogP contribution in [0.25, 0.3) is 0 Å². The van der Waals surface area contributed by atoms with Crippen LogP contribution in [0.4, 0.5) is 10.1 Å². The van der Waals surface area contributed by atoms with Crippen LogP contribution in [-0.2, 0) is 9.59 Å². The summed E-state index contributed by atoms with van der Waals surface area (Å²) in [5.41, 5.74) is 0.489. The number of hydrogen-bond donors (Lipinski definition) is 1. The topological polar surface area (TPSA) is 49.4 Å². The van der Waals surface area contributed by atoms with E-state index in [2.05, 4.69) is 5.32 Å². The summed E-state index contributed by atoms with van der Waals surface area (Å²) in [6.45, 7) is 3.46. The van der Waals surface area contributed by atoms with Gasteiger partial charge in [-0.3, -0.25) is 9.59 Å². The Labute approximate surface area is 99.4 Å². The minimum atomic E-state index is -0.395. The molecule has 0 bridgehead atoms. The molecule has 1 rings (SSSR count). The Hall–Kier alpha value is -1.91. The summed E-state index contributed by atoms with van der Waals surface area (Å²) in [4.78, 5) is 23.5. The van der Waals surface area contributed by atoms with E-state index in [1.807, 2.05) is 0 Å². The van der Waals surface area contributed by atoms with Crippen LogP contribution in [0.2, 0.25) is 0 Å². The lowest BCUT2D eigenvalue weighted by atomic mass is 10.2. The monoisotopic (exact) mass is 238 g/mol. The van der Waals surface area contributed by atoms with E-state index in [0.29, 0.717) is 18.8 Å². The van der Waals surface area contributed by atoms with Crippen molar-refractivity contribution in [2.24, 2.45) is 0 Å². The minimum Gasteiger partial charge on any atom is -0.355 e. The van der Waals surface area contributed by atoms with Crippen molar-refractivity contribution in [2.75, 3.05) is 18.0 Å². The lowest BCUT2D eigenvalue weighted by molar-refractivity contribution is -0.119. The van der Waals surface area contributed by atoms with Crippen LogP contribution >= 0.6 is 0 Å². The predicted octanol–water partition coefficient (Wildman–Crippen LogP) is 1.31. The van der Waals surface area contributed by atoms with Crippen molar-refractivity contribution in [2.45, 2.75) is 13.8 Å². The second kappa shape index (κ2) is 5.98. The molecule has 1 aromatic rings. The molecular formula is C12H15FN2O2. The number of benzene rings is 1. The number of carbonyl (C=O) groups excluding carboxylic acids is 2. The van der Waals surface area contributed by atoms with E-state index < -0.39 is 5.82 Å². The Morgan fingerprint density at radius 3 is 2.59 bits per heavy atom. The van der Waals surface area contributed by atoms with E-state index in [4.69, 9.17) is 0 Å². The first-order chi connectivity index (χ1) is 8.00. The maximum Gasteiger partial charge on any atom is 0.223 e. The predicted molar refractivity (Wildman–Crippen MR) is 63.1 cm³/mol. The van der Waals surface area contributed by atoms with Gasteiger partial charge in [-0.05, 0) is 18.2 Å². The van der Waals surface area contributed by atoms with Crippen LogP contribution in [0, 0.1) is 5.82 Å². The van der Waals surface area contributed by atoms with Gasteiger partial charge in [0.05, 0.1) is 0 Å². The molecule has 5 heteroatoms. The zero-order valence-electron chi connectivity index (χ0n) is 9.87. The largest absolute Gasteiger partial charge is 0.355 e. The normalized spacial score (nSPS) is 9.82. The molecule has 0 aliphatic heterocycles. The van der Waals surface area contributed by atoms with Crippen LogP contribution in [0.3, 0.4) is 0 Å². The van der Waals surface area contributed by atoms with Gasteiger partial charge in [0.1, 0.15) is 5.82 Å². The van der Waals surface area contributed by atoms with Gasteiger partial charge in [-0.1, -0.05) is 6.07 Å². The average Bonchev–Trinajstić information content (AvgIpc) is 2.23. The second-order valence-electron chi connectivity index (χ2n) is 3.63. The quantitative estimate of drug-likeness (QED) is 0.860. The van der Waals surface area contributed by atoms with E-state index >= 15 is 0 Å². The van der Waals surface area contributed by atoms with Gasteiger partial charge < -0.3 is 10.2 Å². The molecule has 0 aromatic heterocycles. The Bertz CT molecular complexity index is 421. The first-order valence-electron chi connectivity index (χ1n) is 5.29. The van der Waals surface area contributed by atoms with Crippen LogP contribution in [0.1, 0.15) is 13.8 Å². The molecule has 0 unspecified atom stereocenters. The van der Waals surface area contributed by atoms with Crippen molar-refractivity contribution >= 4 is 17.5 Å². The van der Waals surface area contributed by atoms with Crippen molar-refractivity contribution in [1.82, 2.24) is 5.32 Å². The van der Waals surface area contributed by atoms with Crippen molar-refractivity contribution in [3.8, 4) is 0 Å². The standard InChI is InChI=1S/C12H15FN2O2/c1-9(16)14-6-7-15(10(2)17)12-5-3-4-11(13)8-12/h3-5,8H,6-7H2,1-2H3,(H,14,16). The lowest BCUT2D eigenvalue weighted by Crippen LogP contribution is -2.36. The summed E-state index contributed by atoms with van der Waals surface area (Å²) in [5.74, 6) is -0.748. The third-order valence-electron chi connectivity index (χ3n) is 2.21. The van der Waals surface area contributed by atoms with Gasteiger partial charge in [0.25, 0.3) is 0 Å². The highest BCUT2D eigenvalue weighted by Crippen LogP contribution is 2.15. The number of anilines is 1. The summed E-state index contributed by atoms with van der Waals surface area (Å²) < 4.78 is 13.0. The van der Waals surface area contributed by atoms with Crippen LogP contribution in [0.5, 0.6) is 0 Å². The number of rotatable bonds is 4. The van der Waals surface area contributed by atoms with Crippen LogP contribution in [-0.4, -0.2) is 24.9 Å². The number of halogens is 1. The Balaban J connectivity index is 2.72. The maximum absolute atomic E-state index is 13.0. The van der Waals surface area contributed by atoms with E-state index in [0.717, 1.165) is 0 Å². The highest BCUT2D eigenvalue weighted by Gasteiger charge is 2.11. The summed E-state index contributed by atoms with van der Waals surface area (Å²) in [6.07, 6.45) is 0. The number of carbonyl (C=O) groups is 2. The molecule has 0 heterocycles. The molecule has 0 aliphatic rings. The molecule has 0 spiro atoms. The van der Waals surface area contributed by atoms with E-state index in [9.17, 15) is 14.0 Å². The second-order valence-corrected chi connectivity index (χ2v) is 3.63. The van der Waals surface area contributed by atoms with Crippen molar-refractivity contribution < 1.29 is 14.0 Å². The van der Waals surface area contributed by atoms with E-state index in [-0.39, 0.29) is 11.8 Å². The molecule has 1 aromatic carbocycles. The smallest absolute Gasteiger partial charge is 0.223 e. The molecule has 2 amide bonds. The van der Waals surface area contributed by atoms with Gasteiger partial charge in [0.2, 0.25) is 11.8 Å². The highest BCUT2D eigenvalue weighted by molar-refractivity contribution is 5.91. The lowest BCUT2D eigenvalue weighted by Gasteiger charge is -2.21. The number of hydrogen-bond acceptors (Lipinski definition) is 2. The zero-order chi connectivity index (χ0) is 12.8. The number of nitrogens with one attached hydrogen (secondary N) is 1. The average molecular weight is 238 g/mol. The molecule has 0 fully saturated rings. The first kappa shape index (κ1) is 13.2. The SMILES string of the molecule is CC(=O)NCCN(C(C)=O)c1cccc(F)c1. The van der Waals surface area contributed by atoms with Crippen molar-refractivity contribution in [3.63, 3.8) is 0 Å². The Morgan fingerprint density at radius 1 is 1.35 bits per heavy atom. The fourth-order valence-corrected chi connectivity index (χ4v) is 1.46. The molecule has 0 saturated carbocycles. The van der Waals surface area contributed by atoms with Gasteiger partial charge >= 0.3 is 0 Å². The van der Waals surface area contributed by atoms with E-state index in [1.165, 1.54) is 30.9 Å². The third kappa shape index (κ3) is 4.22. The van der Waals surface area contributed by atoms with Gasteiger partial charge in [-0.15, -0.1) is 0 Å². The van der Waals surface area contributed by atoms with E-state index in [1.54, 1.807) is 12.1 Å². The van der Waals surface area contributed by atoms with Gasteiger partial charge in [0.15, 0.2) is 0 Å². The maximum atomic E-state index is 13.0. The molecule has 0 atom stereocenters. The van der Waals surface area contributed by atoms with Crippen molar-refractivity contribution in [3.05, 3.63) is 30.1 Å². The van der Waals surface area contributed by atoms with Gasteiger partial charge in [-0.25, -0.2) is 4.39 Å². The van der Waals surface area contributed by atoms with Crippen LogP contribution in [0.15, 0.2) is 24.3 Å². The number of amides is 2. The van der Waals surface area contributed by atoms with Crippen molar-refractivity contribution in [1.29, 1.82) is 0 Å². The highest BCUT2D eigenvalue weighted by atomic mass is 19.1. The number of nitrogens with zero attached hydrogens (tertiary/aromatic N) is 1. The summed E-state index contributed by atoms with van der Waals surface area (Å²) in [7, 11) is 0. The fraction of sp³-hybridized carbons (Fsp3) is 0.333. The molecule has 0 radical (unpaired) electrons. The zero-order valence-corrected chi connectivity index (χ0v) is 9.87.